The number of nitrogens with one attached hydrogen (secondary N) is 1. The lowest BCUT2D eigenvalue weighted by atomic mass is 9.91. The lowest BCUT2D eigenvalue weighted by molar-refractivity contribution is 0.470. The summed E-state index contributed by atoms with van der Waals surface area (Å²) in [5, 5.41) is 5.73. The number of hydrogen-bond acceptors (Lipinski definition) is 2. The van der Waals surface area contributed by atoms with Gasteiger partial charge in [-0.3, -0.25) is 0 Å². The van der Waals surface area contributed by atoms with Crippen molar-refractivity contribution in [1.82, 2.24) is 9.88 Å². The topological polar surface area (TPSA) is 17.0 Å². The predicted octanol–water partition coefficient (Wildman–Crippen LogP) is 3.64. The van der Waals surface area contributed by atoms with Gasteiger partial charge in [0.15, 0.2) is 0 Å². The molecule has 2 nitrogen and oxygen atoms in total. The number of aryl methyl sites for hydroxylation is 1. The van der Waals surface area contributed by atoms with Crippen LogP contribution in [-0.2, 0) is 18.5 Å². The zero-order chi connectivity index (χ0) is 13.0. The molecule has 0 aromatic carbocycles. The van der Waals surface area contributed by atoms with E-state index < -0.39 is 0 Å². The highest BCUT2D eigenvalue weighted by atomic mass is 32.1. The van der Waals surface area contributed by atoms with Crippen molar-refractivity contribution in [2.24, 2.45) is 0 Å². The summed E-state index contributed by atoms with van der Waals surface area (Å²) in [6.45, 7) is 9.75. The quantitative estimate of drug-likeness (QED) is 0.841. The van der Waals surface area contributed by atoms with E-state index >= 15 is 0 Å². The van der Waals surface area contributed by atoms with E-state index in [0.717, 1.165) is 19.6 Å². The maximum absolute atomic E-state index is 3.58. The molecule has 0 radical (unpaired) electrons. The van der Waals surface area contributed by atoms with Crippen LogP contribution < -0.4 is 5.32 Å². The van der Waals surface area contributed by atoms with Gasteiger partial charge in [-0.05, 0) is 30.5 Å². The molecular formula is C15H22N2S. The van der Waals surface area contributed by atoms with Crippen LogP contribution in [0.2, 0.25) is 0 Å². The largest absolute Gasteiger partial charge is 0.351 e. The third-order valence-electron chi connectivity index (χ3n) is 3.33. The molecular weight excluding hydrogens is 240 g/mol. The van der Waals surface area contributed by atoms with Crippen LogP contribution in [0.15, 0.2) is 35.8 Å². The highest BCUT2D eigenvalue weighted by Gasteiger charge is 2.20. The second-order valence-corrected chi connectivity index (χ2v) is 6.20. The van der Waals surface area contributed by atoms with Crippen LogP contribution in [0, 0.1) is 0 Å². The Morgan fingerprint density at radius 2 is 2.11 bits per heavy atom. The first-order chi connectivity index (χ1) is 8.63. The van der Waals surface area contributed by atoms with Gasteiger partial charge in [-0.2, -0.15) is 0 Å². The molecule has 2 aromatic rings. The molecule has 1 N–H and O–H groups in total. The lowest BCUT2D eigenvalue weighted by Gasteiger charge is -2.24. The van der Waals surface area contributed by atoms with Crippen molar-refractivity contribution < 1.29 is 0 Å². The van der Waals surface area contributed by atoms with E-state index in [2.05, 4.69) is 66.5 Å². The molecule has 0 spiro atoms. The normalized spacial score (nSPS) is 11.9. The lowest BCUT2D eigenvalue weighted by Crippen LogP contribution is -2.32. The first kappa shape index (κ1) is 13.4. The molecule has 0 unspecified atom stereocenters. The van der Waals surface area contributed by atoms with E-state index in [1.54, 1.807) is 0 Å². The molecule has 98 valence electrons. The maximum Gasteiger partial charge on any atom is 0.0359 e. The summed E-state index contributed by atoms with van der Waals surface area (Å²) in [4.78, 5) is 1.45. The Hall–Kier alpha value is -1.06. The molecule has 0 fully saturated rings. The van der Waals surface area contributed by atoms with Crippen molar-refractivity contribution in [2.45, 2.75) is 39.3 Å². The third-order valence-corrected chi connectivity index (χ3v) is 4.56. The van der Waals surface area contributed by atoms with Gasteiger partial charge in [0.25, 0.3) is 0 Å². The molecule has 0 aliphatic heterocycles. The summed E-state index contributed by atoms with van der Waals surface area (Å²) in [5.41, 5.74) is 1.57. The van der Waals surface area contributed by atoms with Gasteiger partial charge in [-0.15, -0.1) is 11.3 Å². The fourth-order valence-corrected chi connectivity index (χ4v) is 3.02. The molecule has 0 saturated heterocycles. The minimum absolute atomic E-state index is 0.206. The number of hydrogen-bond donors (Lipinski definition) is 1. The van der Waals surface area contributed by atoms with Crippen molar-refractivity contribution in [3.05, 3.63) is 46.4 Å². The van der Waals surface area contributed by atoms with E-state index in [1.807, 2.05) is 11.3 Å². The molecule has 0 bridgehead atoms. The number of aromatic nitrogens is 1. The summed E-state index contributed by atoms with van der Waals surface area (Å²) in [7, 11) is 0. The van der Waals surface area contributed by atoms with E-state index in [1.165, 1.54) is 10.6 Å². The summed E-state index contributed by atoms with van der Waals surface area (Å²) >= 11 is 1.84. The van der Waals surface area contributed by atoms with Gasteiger partial charge in [-0.1, -0.05) is 19.9 Å². The van der Waals surface area contributed by atoms with Gasteiger partial charge < -0.3 is 9.88 Å². The van der Waals surface area contributed by atoms with Crippen LogP contribution in [0.4, 0.5) is 0 Å². The number of thiophene rings is 1. The first-order valence-corrected chi connectivity index (χ1v) is 7.40. The Labute approximate surface area is 114 Å². The second kappa shape index (κ2) is 5.72. The van der Waals surface area contributed by atoms with Crippen LogP contribution in [0.3, 0.4) is 0 Å². The van der Waals surface area contributed by atoms with Crippen LogP contribution in [0.1, 0.15) is 31.3 Å². The van der Waals surface area contributed by atoms with Gasteiger partial charge in [-0.25, -0.2) is 0 Å². The minimum Gasteiger partial charge on any atom is -0.351 e. The van der Waals surface area contributed by atoms with E-state index in [4.69, 9.17) is 0 Å². The van der Waals surface area contributed by atoms with Crippen LogP contribution in [0.5, 0.6) is 0 Å². The molecule has 0 aliphatic rings. The molecule has 2 rings (SSSR count). The van der Waals surface area contributed by atoms with Gasteiger partial charge in [0.05, 0.1) is 0 Å². The summed E-state index contributed by atoms with van der Waals surface area (Å²) in [5.74, 6) is 0. The van der Waals surface area contributed by atoms with Crippen molar-refractivity contribution in [1.29, 1.82) is 0 Å². The Bertz CT molecular complexity index is 468. The zero-order valence-electron chi connectivity index (χ0n) is 11.4. The molecule has 0 atom stereocenters. The summed E-state index contributed by atoms with van der Waals surface area (Å²) in [6.07, 6.45) is 2.14. The van der Waals surface area contributed by atoms with Gasteiger partial charge >= 0.3 is 0 Å². The fraction of sp³-hybridized carbons (Fsp3) is 0.467. The minimum atomic E-state index is 0.206. The molecule has 2 aromatic heterocycles. The van der Waals surface area contributed by atoms with Crippen molar-refractivity contribution in [3.63, 3.8) is 0 Å². The van der Waals surface area contributed by atoms with Gasteiger partial charge in [0.2, 0.25) is 0 Å². The SMILES string of the molecule is CCn1cccc1CNCC(C)(C)c1cccs1. The van der Waals surface area contributed by atoms with Crippen molar-refractivity contribution in [2.75, 3.05) is 6.54 Å². The number of rotatable bonds is 6. The van der Waals surface area contributed by atoms with E-state index in [9.17, 15) is 0 Å². The van der Waals surface area contributed by atoms with Crippen LogP contribution in [0.25, 0.3) is 0 Å². The van der Waals surface area contributed by atoms with Gasteiger partial charge in [0.1, 0.15) is 0 Å². The van der Waals surface area contributed by atoms with Crippen LogP contribution >= 0.6 is 11.3 Å². The third kappa shape index (κ3) is 3.03. The highest BCUT2D eigenvalue weighted by Crippen LogP contribution is 2.26. The Balaban J connectivity index is 1.89. The molecule has 0 aliphatic carbocycles. The second-order valence-electron chi connectivity index (χ2n) is 5.25. The number of nitrogens with zero attached hydrogens (tertiary/aromatic N) is 1. The van der Waals surface area contributed by atoms with Crippen molar-refractivity contribution >= 4 is 11.3 Å². The standard InChI is InChI=1S/C15H22N2S/c1-4-17-9-5-7-13(17)11-16-12-15(2,3)14-8-6-10-18-14/h5-10,16H,4,11-12H2,1-3H3. The van der Waals surface area contributed by atoms with Gasteiger partial charge in [0, 0.05) is 41.8 Å². The fourth-order valence-electron chi connectivity index (χ4n) is 2.17. The average molecular weight is 262 g/mol. The summed E-state index contributed by atoms with van der Waals surface area (Å²) in [6, 6.07) is 8.66. The molecule has 0 saturated carbocycles. The molecule has 18 heavy (non-hydrogen) atoms. The molecule has 0 amide bonds. The van der Waals surface area contributed by atoms with E-state index in [0.29, 0.717) is 0 Å². The zero-order valence-corrected chi connectivity index (χ0v) is 12.3. The monoisotopic (exact) mass is 262 g/mol. The Kier molecular flexibility index (Phi) is 4.25. The summed E-state index contributed by atoms with van der Waals surface area (Å²) < 4.78 is 2.28. The smallest absolute Gasteiger partial charge is 0.0359 e. The highest BCUT2D eigenvalue weighted by molar-refractivity contribution is 7.10. The average Bonchev–Trinajstić information content (AvgIpc) is 2.99. The molecule has 2 heterocycles. The predicted molar refractivity (Wildman–Crippen MR) is 79.2 cm³/mol. The first-order valence-electron chi connectivity index (χ1n) is 6.52. The van der Waals surface area contributed by atoms with E-state index in [-0.39, 0.29) is 5.41 Å². The Morgan fingerprint density at radius 3 is 2.78 bits per heavy atom. The van der Waals surface area contributed by atoms with Crippen molar-refractivity contribution in [3.8, 4) is 0 Å². The Morgan fingerprint density at radius 1 is 1.28 bits per heavy atom. The van der Waals surface area contributed by atoms with Crippen LogP contribution in [-0.4, -0.2) is 11.1 Å². The maximum atomic E-state index is 3.58. The molecule has 3 heteroatoms.